The van der Waals surface area contributed by atoms with Crippen LogP contribution in [0.3, 0.4) is 0 Å². The zero-order chi connectivity index (χ0) is 15.2. The maximum absolute atomic E-state index is 13.0. The lowest BCUT2D eigenvalue weighted by atomic mass is 10.1. The molecule has 2 aromatic carbocycles. The third-order valence-electron chi connectivity index (χ3n) is 3.15. The van der Waals surface area contributed by atoms with Crippen molar-refractivity contribution in [2.24, 2.45) is 0 Å². The lowest BCUT2D eigenvalue weighted by Crippen LogP contribution is -2.33. The fraction of sp³-hybridized carbons (Fsp3) is 0.250. The molecule has 0 radical (unpaired) electrons. The molecule has 0 aliphatic carbocycles. The number of nitrogens with one attached hydrogen (secondary N) is 1. The SMILES string of the molecule is CNC(COc1ccc(Cl)cc1)Cc1ccc(F)cc1Cl. The summed E-state index contributed by atoms with van der Waals surface area (Å²) in [5, 5.41) is 4.27. The lowest BCUT2D eigenvalue weighted by molar-refractivity contribution is 0.270. The van der Waals surface area contributed by atoms with E-state index in [0.717, 1.165) is 11.3 Å². The quantitative estimate of drug-likeness (QED) is 0.852. The molecule has 0 saturated carbocycles. The molecule has 0 amide bonds. The third-order valence-corrected chi connectivity index (χ3v) is 3.76. The molecule has 0 aromatic heterocycles. The van der Waals surface area contributed by atoms with Crippen molar-refractivity contribution in [1.82, 2.24) is 5.32 Å². The van der Waals surface area contributed by atoms with Gasteiger partial charge in [0.15, 0.2) is 0 Å². The predicted octanol–water partition coefficient (Wildman–Crippen LogP) is 4.34. The summed E-state index contributed by atoms with van der Waals surface area (Å²) in [4.78, 5) is 0. The number of benzene rings is 2. The molecule has 0 bridgehead atoms. The van der Waals surface area contributed by atoms with Gasteiger partial charge in [0.25, 0.3) is 0 Å². The molecule has 5 heteroatoms. The second kappa shape index (κ2) is 7.64. The minimum atomic E-state index is -0.331. The molecule has 2 nitrogen and oxygen atoms in total. The molecule has 0 saturated heterocycles. The van der Waals surface area contributed by atoms with Crippen molar-refractivity contribution in [3.8, 4) is 5.75 Å². The second-order valence-electron chi connectivity index (χ2n) is 4.69. The molecular weight excluding hydrogens is 312 g/mol. The Morgan fingerprint density at radius 1 is 1.14 bits per heavy atom. The van der Waals surface area contributed by atoms with E-state index in [0.29, 0.717) is 23.1 Å². The topological polar surface area (TPSA) is 21.3 Å². The van der Waals surface area contributed by atoms with Gasteiger partial charge in [-0.2, -0.15) is 0 Å². The van der Waals surface area contributed by atoms with E-state index in [1.807, 2.05) is 19.2 Å². The first-order chi connectivity index (χ1) is 10.1. The smallest absolute Gasteiger partial charge is 0.124 e. The van der Waals surface area contributed by atoms with Crippen LogP contribution >= 0.6 is 23.2 Å². The molecule has 2 aromatic rings. The maximum atomic E-state index is 13.0. The van der Waals surface area contributed by atoms with Crippen LogP contribution in [0, 0.1) is 5.82 Å². The molecule has 0 aliphatic heterocycles. The predicted molar refractivity (Wildman–Crippen MR) is 84.9 cm³/mol. The first kappa shape index (κ1) is 16.1. The lowest BCUT2D eigenvalue weighted by Gasteiger charge is -2.18. The fourth-order valence-corrected chi connectivity index (χ4v) is 2.30. The fourth-order valence-electron chi connectivity index (χ4n) is 1.92. The highest BCUT2D eigenvalue weighted by molar-refractivity contribution is 6.31. The van der Waals surface area contributed by atoms with Gasteiger partial charge in [-0.05, 0) is 55.4 Å². The van der Waals surface area contributed by atoms with Crippen molar-refractivity contribution >= 4 is 23.2 Å². The van der Waals surface area contributed by atoms with Crippen molar-refractivity contribution in [3.05, 3.63) is 63.9 Å². The van der Waals surface area contributed by atoms with Crippen LogP contribution in [0.2, 0.25) is 10.0 Å². The summed E-state index contributed by atoms with van der Waals surface area (Å²) in [5.41, 5.74) is 0.886. The van der Waals surface area contributed by atoms with Crippen LogP contribution in [-0.4, -0.2) is 19.7 Å². The summed E-state index contributed by atoms with van der Waals surface area (Å²) >= 11 is 11.9. The van der Waals surface area contributed by atoms with Crippen LogP contribution in [0.4, 0.5) is 4.39 Å². The van der Waals surface area contributed by atoms with Crippen LogP contribution in [0.1, 0.15) is 5.56 Å². The molecular formula is C16H16Cl2FNO. The number of likely N-dealkylation sites (N-methyl/N-ethyl adjacent to an activating group) is 1. The van der Waals surface area contributed by atoms with Crippen LogP contribution in [0.15, 0.2) is 42.5 Å². The number of rotatable bonds is 6. The first-order valence-corrected chi connectivity index (χ1v) is 7.33. The van der Waals surface area contributed by atoms with Gasteiger partial charge in [-0.3, -0.25) is 0 Å². The average molecular weight is 328 g/mol. The number of halogens is 3. The van der Waals surface area contributed by atoms with Crippen LogP contribution < -0.4 is 10.1 Å². The Labute approximate surface area is 133 Å². The van der Waals surface area contributed by atoms with E-state index in [9.17, 15) is 4.39 Å². The molecule has 112 valence electrons. The molecule has 2 rings (SSSR count). The standard InChI is InChI=1S/C16H16Cl2FNO/c1-20-14(8-11-2-5-13(19)9-16(11)18)10-21-15-6-3-12(17)4-7-15/h2-7,9,14,20H,8,10H2,1H3. The van der Waals surface area contributed by atoms with Gasteiger partial charge in [-0.1, -0.05) is 29.3 Å². The van der Waals surface area contributed by atoms with Gasteiger partial charge >= 0.3 is 0 Å². The average Bonchev–Trinajstić information content (AvgIpc) is 2.47. The van der Waals surface area contributed by atoms with Gasteiger partial charge in [0.2, 0.25) is 0 Å². The zero-order valence-corrected chi connectivity index (χ0v) is 13.1. The molecule has 0 heterocycles. The van der Waals surface area contributed by atoms with Gasteiger partial charge in [-0.25, -0.2) is 4.39 Å². The van der Waals surface area contributed by atoms with Gasteiger partial charge < -0.3 is 10.1 Å². The molecule has 21 heavy (non-hydrogen) atoms. The van der Waals surface area contributed by atoms with Crippen molar-refractivity contribution in [3.63, 3.8) is 0 Å². The Hall–Kier alpha value is -1.29. The Kier molecular flexibility index (Phi) is 5.85. The van der Waals surface area contributed by atoms with Gasteiger partial charge in [0.1, 0.15) is 18.2 Å². The third kappa shape index (κ3) is 4.88. The molecule has 0 aliphatic rings. The summed E-state index contributed by atoms with van der Waals surface area (Å²) < 4.78 is 18.7. The summed E-state index contributed by atoms with van der Waals surface area (Å²) in [5.74, 6) is 0.423. The number of ether oxygens (including phenoxy) is 1. The maximum Gasteiger partial charge on any atom is 0.124 e. The van der Waals surface area contributed by atoms with Crippen molar-refractivity contribution < 1.29 is 9.13 Å². The zero-order valence-electron chi connectivity index (χ0n) is 11.6. The normalized spacial score (nSPS) is 12.2. The van der Waals surface area contributed by atoms with E-state index in [-0.39, 0.29) is 11.9 Å². The summed E-state index contributed by atoms with van der Waals surface area (Å²) in [7, 11) is 1.85. The van der Waals surface area contributed by atoms with E-state index >= 15 is 0 Å². The van der Waals surface area contributed by atoms with Crippen molar-refractivity contribution in [2.45, 2.75) is 12.5 Å². The largest absolute Gasteiger partial charge is 0.492 e. The van der Waals surface area contributed by atoms with E-state index in [4.69, 9.17) is 27.9 Å². The van der Waals surface area contributed by atoms with Gasteiger partial charge in [0, 0.05) is 16.1 Å². The van der Waals surface area contributed by atoms with E-state index in [1.54, 1.807) is 18.2 Å². The van der Waals surface area contributed by atoms with Crippen molar-refractivity contribution in [1.29, 1.82) is 0 Å². The van der Waals surface area contributed by atoms with Crippen LogP contribution in [0.25, 0.3) is 0 Å². The second-order valence-corrected chi connectivity index (χ2v) is 5.53. The Morgan fingerprint density at radius 3 is 2.48 bits per heavy atom. The summed E-state index contributed by atoms with van der Waals surface area (Å²) in [6, 6.07) is 11.7. The monoisotopic (exact) mass is 327 g/mol. The molecule has 1 unspecified atom stereocenters. The van der Waals surface area contributed by atoms with E-state index in [1.165, 1.54) is 12.1 Å². The van der Waals surface area contributed by atoms with Crippen molar-refractivity contribution in [2.75, 3.05) is 13.7 Å². The van der Waals surface area contributed by atoms with Crippen LogP contribution in [0.5, 0.6) is 5.75 Å². The van der Waals surface area contributed by atoms with Gasteiger partial charge in [-0.15, -0.1) is 0 Å². The number of hydrogen-bond donors (Lipinski definition) is 1. The van der Waals surface area contributed by atoms with E-state index < -0.39 is 0 Å². The Morgan fingerprint density at radius 2 is 1.86 bits per heavy atom. The van der Waals surface area contributed by atoms with Crippen LogP contribution in [-0.2, 0) is 6.42 Å². The highest BCUT2D eigenvalue weighted by Gasteiger charge is 2.11. The Bertz CT molecular complexity index is 589. The highest BCUT2D eigenvalue weighted by atomic mass is 35.5. The minimum absolute atomic E-state index is 0.0728. The summed E-state index contributed by atoms with van der Waals surface area (Å²) in [6.45, 7) is 0.478. The first-order valence-electron chi connectivity index (χ1n) is 6.58. The minimum Gasteiger partial charge on any atom is -0.492 e. The highest BCUT2D eigenvalue weighted by Crippen LogP contribution is 2.20. The number of hydrogen-bond acceptors (Lipinski definition) is 2. The Balaban J connectivity index is 1.95. The molecule has 1 N–H and O–H groups in total. The van der Waals surface area contributed by atoms with E-state index in [2.05, 4.69) is 5.32 Å². The van der Waals surface area contributed by atoms with Gasteiger partial charge in [0.05, 0.1) is 0 Å². The summed E-state index contributed by atoms with van der Waals surface area (Å²) in [6.07, 6.45) is 0.656. The molecule has 0 spiro atoms. The molecule has 1 atom stereocenters. The molecule has 0 fully saturated rings.